The van der Waals surface area contributed by atoms with Gasteiger partial charge in [0.2, 0.25) is 10.0 Å². The molecule has 0 aromatic carbocycles. The largest absolute Gasteiger partial charge is 0.310 e. The van der Waals surface area contributed by atoms with Gasteiger partial charge in [-0.05, 0) is 19.4 Å². The predicted octanol–water partition coefficient (Wildman–Crippen LogP) is 2.67. The molecule has 0 saturated heterocycles. The second-order valence-electron chi connectivity index (χ2n) is 5.06. The van der Waals surface area contributed by atoms with E-state index in [2.05, 4.69) is 19.2 Å². The number of thiophene rings is 1. The van der Waals surface area contributed by atoms with E-state index in [1.54, 1.807) is 18.5 Å². The van der Waals surface area contributed by atoms with Crippen LogP contribution in [0.2, 0.25) is 0 Å². The molecular weight excluding hydrogens is 280 g/mol. The van der Waals surface area contributed by atoms with E-state index in [0.717, 1.165) is 11.3 Å². The first-order valence-electron chi connectivity index (χ1n) is 6.57. The van der Waals surface area contributed by atoms with Gasteiger partial charge >= 0.3 is 0 Å². The van der Waals surface area contributed by atoms with Crippen LogP contribution in [-0.2, 0) is 16.6 Å². The van der Waals surface area contributed by atoms with E-state index in [9.17, 15) is 8.42 Å². The lowest BCUT2D eigenvalue weighted by Crippen LogP contribution is -2.34. The molecule has 0 fully saturated rings. The van der Waals surface area contributed by atoms with Crippen LogP contribution in [0.25, 0.3) is 0 Å². The van der Waals surface area contributed by atoms with Gasteiger partial charge in [0.25, 0.3) is 0 Å². The topological polar surface area (TPSA) is 49.4 Å². The van der Waals surface area contributed by atoms with Crippen molar-refractivity contribution in [3.05, 3.63) is 16.3 Å². The van der Waals surface area contributed by atoms with Crippen LogP contribution < -0.4 is 5.32 Å². The van der Waals surface area contributed by atoms with Crippen LogP contribution in [0.15, 0.2) is 16.3 Å². The molecule has 6 heteroatoms. The van der Waals surface area contributed by atoms with Crippen molar-refractivity contribution >= 4 is 21.4 Å². The Balaban J connectivity index is 2.85. The highest BCUT2D eigenvalue weighted by Crippen LogP contribution is 2.23. The maximum absolute atomic E-state index is 12.4. The second-order valence-corrected chi connectivity index (χ2v) is 8.06. The van der Waals surface area contributed by atoms with Gasteiger partial charge in [-0.15, -0.1) is 11.3 Å². The maximum Gasteiger partial charge on any atom is 0.243 e. The fourth-order valence-corrected chi connectivity index (χ4v) is 4.20. The third kappa shape index (κ3) is 4.27. The fourth-order valence-electron chi connectivity index (χ4n) is 1.55. The van der Waals surface area contributed by atoms with Crippen molar-refractivity contribution in [2.24, 2.45) is 0 Å². The second kappa shape index (κ2) is 6.83. The van der Waals surface area contributed by atoms with Crippen LogP contribution in [0.4, 0.5) is 0 Å². The van der Waals surface area contributed by atoms with E-state index in [1.165, 1.54) is 15.6 Å². The molecular formula is C13H24N2O2S2. The highest BCUT2D eigenvalue weighted by atomic mass is 32.2. The molecule has 1 atom stereocenters. The monoisotopic (exact) mass is 304 g/mol. The summed E-state index contributed by atoms with van der Waals surface area (Å²) < 4.78 is 26.2. The summed E-state index contributed by atoms with van der Waals surface area (Å²) in [6, 6.07) is 2.18. The molecule has 0 amide bonds. The van der Waals surface area contributed by atoms with Gasteiger partial charge in [-0.2, -0.15) is 4.31 Å². The Hall–Kier alpha value is -0.430. The number of hydrogen-bond acceptors (Lipinski definition) is 4. The Bertz CT molecular complexity index is 494. The average molecular weight is 304 g/mol. The summed E-state index contributed by atoms with van der Waals surface area (Å²) in [5.41, 5.74) is 0. The van der Waals surface area contributed by atoms with Crippen molar-refractivity contribution in [1.29, 1.82) is 0 Å². The molecule has 0 aliphatic carbocycles. The number of nitrogens with zero attached hydrogens (tertiary/aromatic N) is 1. The van der Waals surface area contributed by atoms with Crippen molar-refractivity contribution in [2.75, 3.05) is 7.05 Å². The molecule has 1 unspecified atom stereocenters. The summed E-state index contributed by atoms with van der Waals surface area (Å²) in [6.45, 7) is 8.77. The Morgan fingerprint density at radius 1 is 1.37 bits per heavy atom. The summed E-state index contributed by atoms with van der Waals surface area (Å²) in [4.78, 5) is 1.45. The smallest absolute Gasteiger partial charge is 0.243 e. The van der Waals surface area contributed by atoms with Gasteiger partial charge in [-0.1, -0.05) is 20.8 Å². The summed E-state index contributed by atoms with van der Waals surface area (Å²) >= 11 is 1.49. The third-order valence-corrected chi connectivity index (χ3v) is 6.24. The van der Waals surface area contributed by atoms with Crippen LogP contribution >= 0.6 is 11.3 Å². The normalized spacial score (nSPS) is 14.3. The van der Waals surface area contributed by atoms with Crippen LogP contribution in [0.1, 0.15) is 39.0 Å². The summed E-state index contributed by atoms with van der Waals surface area (Å²) in [6.07, 6.45) is 0.807. The molecule has 1 heterocycles. The highest BCUT2D eigenvalue weighted by Gasteiger charge is 2.25. The molecule has 0 bridgehead atoms. The van der Waals surface area contributed by atoms with E-state index in [-0.39, 0.29) is 6.04 Å². The van der Waals surface area contributed by atoms with Crippen molar-refractivity contribution in [1.82, 2.24) is 9.62 Å². The molecule has 1 N–H and O–H groups in total. The molecule has 0 radical (unpaired) electrons. The zero-order valence-electron chi connectivity index (χ0n) is 12.3. The van der Waals surface area contributed by atoms with Crippen LogP contribution in [0.3, 0.4) is 0 Å². The van der Waals surface area contributed by atoms with E-state index >= 15 is 0 Å². The van der Waals surface area contributed by atoms with Gasteiger partial charge in [0, 0.05) is 35.9 Å². The SMILES string of the molecule is CCC(C)N(C)S(=O)(=O)c1csc(CNC(C)C)c1. The Morgan fingerprint density at radius 3 is 2.53 bits per heavy atom. The van der Waals surface area contributed by atoms with E-state index in [0.29, 0.717) is 17.5 Å². The molecule has 1 aromatic heterocycles. The lowest BCUT2D eigenvalue weighted by Gasteiger charge is -2.22. The molecule has 0 spiro atoms. The molecule has 19 heavy (non-hydrogen) atoms. The maximum atomic E-state index is 12.4. The number of hydrogen-bond donors (Lipinski definition) is 1. The van der Waals surface area contributed by atoms with Gasteiger partial charge in [-0.25, -0.2) is 8.42 Å². The number of rotatable bonds is 7. The molecule has 0 aliphatic heterocycles. The lowest BCUT2D eigenvalue weighted by atomic mass is 10.3. The first kappa shape index (κ1) is 16.6. The van der Waals surface area contributed by atoms with Gasteiger partial charge in [0.1, 0.15) is 0 Å². The quantitative estimate of drug-likeness (QED) is 0.842. The van der Waals surface area contributed by atoms with Gasteiger partial charge in [0.05, 0.1) is 4.90 Å². The number of nitrogens with one attached hydrogen (secondary N) is 1. The van der Waals surface area contributed by atoms with Gasteiger partial charge < -0.3 is 5.32 Å². The van der Waals surface area contributed by atoms with Crippen LogP contribution in [0, 0.1) is 0 Å². The summed E-state index contributed by atoms with van der Waals surface area (Å²) in [5.74, 6) is 0. The summed E-state index contributed by atoms with van der Waals surface area (Å²) in [5, 5.41) is 5.02. The van der Waals surface area contributed by atoms with Crippen molar-refractivity contribution in [2.45, 2.75) is 57.6 Å². The molecule has 4 nitrogen and oxygen atoms in total. The Labute approximate surface area is 120 Å². The first-order valence-corrected chi connectivity index (χ1v) is 8.89. The van der Waals surface area contributed by atoms with Crippen molar-refractivity contribution in [3.8, 4) is 0 Å². The predicted molar refractivity (Wildman–Crippen MR) is 81.0 cm³/mol. The standard InChI is InChI=1S/C13H24N2O2S2/c1-6-11(4)15(5)19(16,17)13-7-12(18-9-13)8-14-10(2)3/h7,9-11,14H,6,8H2,1-5H3. The third-order valence-electron chi connectivity index (χ3n) is 3.20. The Kier molecular flexibility index (Phi) is 5.98. The Morgan fingerprint density at radius 2 is 2.00 bits per heavy atom. The van der Waals surface area contributed by atoms with E-state index < -0.39 is 10.0 Å². The minimum atomic E-state index is -3.35. The molecule has 110 valence electrons. The molecule has 1 aromatic rings. The van der Waals surface area contributed by atoms with Gasteiger partial charge in [0.15, 0.2) is 0 Å². The van der Waals surface area contributed by atoms with Gasteiger partial charge in [-0.3, -0.25) is 0 Å². The zero-order valence-corrected chi connectivity index (χ0v) is 13.9. The minimum Gasteiger partial charge on any atom is -0.310 e. The van der Waals surface area contributed by atoms with Crippen LogP contribution in [0.5, 0.6) is 0 Å². The minimum absolute atomic E-state index is 0.0159. The first-order chi connectivity index (χ1) is 8.78. The summed E-state index contributed by atoms with van der Waals surface area (Å²) in [7, 11) is -1.71. The zero-order chi connectivity index (χ0) is 14.6. The number of sulfonamides is 1. The van der Waals surface area contributed by atoms with Crippen molar-refractivity contribution in [3.63, 3.8) is 0 Å². The molecule has 0 saturated carbocycles. The van der Waals surface area contributed by atoms with Crippen LogP contribution in [-0.4, -0.2) is 31.9 Å². The van der Waals surface area contributed by atoms with E-state index in [4.69, 9.17) is 0 Å². The highest BCUT2D eigenvalue weighted by molar-refractivity contribution is 7.89. The molecule has 0 aliphatic rings. The lowest BCUT2D eigenvalue weighted by molar-refractivity contribution is 0.381. The fraction of sp³-hybridized carbons (Fsp3) is 0.692. The average Bonchev–Trinajstić information content (AvgIpc) is 2.83. The van der Waals surface area contributed by atoms with Crippen molar-refractivity contribution < 1.29 is 8.42 Å². The molecule has 1 rings (SSSR count). The van der Waals surface area contributed by atoms with E-state index in [1.807, 2.05) is 13.8 Å².